The highest BCUT2D eigenvalue weighted by Gasteiger charge is 2.36. The van der Waals surface area contributed by atoms with E-state index >= 15 is 0 Å². The molecule has 11 heteroatoms. The molecule has 1 aromatic carbocycles. The number of carbonyl (C=O) groups excluding carboxylic acids is 1. The van der Waals surface area contributed by atoms with Gasteiger partial charge in [-0.05, 0) is 80.8 Å². The maximum atomic E-state index is 14.5. The van der Waals surface area contributed by atoms with Gasteiger partial charge in [-0.1, -0.05) is 11.6 Å². The number of urea groups is 1. The number of nitrogens with zero attached hydrogens (tertiary/aromatic N) is 5. The van der Waals surface area contributed by atoms with Crippen molar-refractivity contribution in [2.45, 2.75) is 69.7 Å². The largest absolute Gasteiger partial charge is 0.484 e. The Morgan fingerprint density at radius 3 is 2.77 bits per heavy atom. The Morgan fingerprint density at radius 2 is 1.95 bits per heavy atom. The van der Waals surface area contributed by atoms with E-state index in [1.54, 1.807) is 29.4 Å². The van der Waals surface area contributed by atoms with E-state index in [0.29, 0.717) is 41.8 Å². The number of pyridine rings is 2. The Hall–Kier alpha value is -4.02. The molecule has 4 aliphatic rings. The van der Waals surface area contributed by atoms with Crippen LogP contribution in [0.4, 0.5) is 20.6 Å². The highest BCUT2D eigenvalue weighted by atomic mass is 35.5. The molecule has 2 amide bonds. The van der Waals surface area contributed by atoms with Crippen LogP contribution < -0.4 is 15.0 Å². The monoisotopic (exact) mass is 600 g/mol. The summed E-state index contributed by atoms with van der Waals surface area (Å²) in [6.07, 6.45) is 9.12. The second-order valence-electron chi connectivity index (χ2n) is 11.6. The number of hydrogen-bond donors (Lipinski definition) is 1. The molecule has 0 spiro atoms. The van der Waals surface area contributed by atoms with E-state index in [1.807, 2.05) is 22.9 Å². The predicted molar refractivity (Wildman–Crippen MR) is 159 cm³/mol. The number of rotatable bonds is 5. The van der Waals surface area contributed by atoms with Gasteiger partial charge in [0.15, 0.2) is 6.23 Å². The van der Waals surface area contributed by atoms with Gasteiger partial charge in [0.2, 0.25) is 0 Å². The summed E-state index contributed by atoms with van der Waals surface area (Å²) in [5.41, 5.74) is 6.10. The number of nitrogens with one attached hydrogen (secondary N) is 1. The zero-order valence-corrected chi connectivity index (χ0v) is 24.2. The number of carbonyl (C=O) groups is 1. The SMILES string of the molecule is O=C1Nc2cc(-c3ccnn3C3CCCCO3)nc(C3CC3)c2CN1c1cc2c(cc1Cl)CCC(c1ncccc1F)O2. The number of hydrogen-bond acceptors (Lipinski definition) is 6. The third kappa shape index (κ3) is 4.82. The Balaban J connectivity index is 1.13. The van der Waals surface area contributed by atoms with Crippen LogP contribution >= 0.6 is 11.6 Å². The molecule has 1 aliphatic carbocycles. The van der Waals surface area contributed by atoms with Crippen LogP contribution in [0.1, 0.15) is 79.3 Å². The second kappa shape index (κ2) is 10.6. The van der Waals surface area contributed by atoms with Crippen molar-refractivity contribution in [1.82, 2.24) is 19.7 Å². The maximum Gasteiger partial charge on any atom is 0.326 e. The molecule has 9 nitrogen and oxygen atoms in total. The van der Waals surface area contributed by atoms with E-state index in [9.17, 15) is 9.18 Å². The summed E-state index contributed by atoms with van der Waals surface area (Å²) in [6, 6.07) is 10.2. The first-order valence-electron chi connectivity index (χ1n) is 14.9. The van der Waals surface area contributed by atoms with Gasteiger partial charge in [-0.15, -0.1) is 0 Å². The summed E-state index contributed by atoms with van der Waals surface area (Å²) in [5.74, 6) is 0.517. The number of benzene rings is 1. The predicted octanol–water partition coefficient (Wildman–Crippen LogP) is 7.33. The van der Waals surface area contributed by atoms with E-state index in [-0.39, 0.29) is 18.0 Å². The van der Waals surface area contributed by atoms with E-state index < -0.39 is 11.9 Å². The number of aromatic nitrogens is 4. The number of fused-ring (bicyclic) bond motifs is 2. The summed E-state index contributed by atoms with van der Waals surface area (Å²) >= 11 is 6.78. The van der Waals surface area contributed by atoms with Crippen LogP contribution in [-0.4, -0.2) is 32.4 Å². The molecule has 1 saturated heterocycles. The Labute approximate surface area is 253 Å². The quantitative estimate of drug-likeness (QED) is 0.258. The lowest BCUT2D eigenvalue weighted by Gasteiger charge is -2.33. The van der Waals surface area contributed by atoms with E-state index in [1.165, 1.54) is 6.07 Å². The minimum absolute atomic E-state index is 0.117. The lowest BCUT2D eigenvalue weighted by atomic mass is 9.98. The first-order valence-corrected chi connectivity index (χ1v) is 15.3. The molecule has 43 heavy (non-hydrogen) atoms. The Kier molecular flexibility index (Phi) is 6.56. The van der Waals surface area contributed by atoms with Gasteiger partial charge in [-0.2, -0.15) is 5.10 Å². The molecule has 1 N–H and O–H groups in total. The molecular weight excluding hydrogens is 571 g/mol. The van der Waals surface area contributed by atoms with Gasteiger partial charge >= 0.3 is 6.03 Å². The van der Waals surface area contributed by atoms with Gasteiger partial charge in [0.25, 0.3) is 0 Å². The van der Waals surface area contributed by atoms with Crippen LogP contribution in [0.25, 0.3) is 11.4 Å². The van der Waals surface area contributed by atoms with E-state index in [0.717, 1.165) is 72.6 Å². The van der Waals surface area contributed by atoms with Crippen LogP contribution in [0.5, 0.6) is 5.75 Å². The fourth-order valence-electron chi connectivity index (χ4n) is 6.39. The van der Waals surface area contributed by atoms with Crippen LogP contribution in [0.3, 0.4) is 0 Å². The topological polar surface area (TPSA) is 94.4 Å². The first kappa shape index (κ1) is 26.6. The summed E-state index contributed by atoms with van der Waals surface area (Å²) in [4.78, 5) is 24.6. The lowest BCUT2D eigenvalue weighted by Crippen LogP contribution is -2.39. The van der Waals surface area contributed by atoms with Gasteiger partial charge < -0.3 is 14.8 Å². The third-order valence-corrected chi connectivity index (χ3v) is 9.04. The zero-order chi connectivity index (χ0) is 29.1. The van der Waals surface area contributed by atoms with Crippen molar-refractivity contribution in [3.05, 3.63) is 82.1 Å². The molecule has 8 rings (SSSR count). The average Bonchev–Trinajstić information content (AvgIpc) is 3.76. The normalized spacial score (nSPS) is 21.5. The van der Waals surface area contributed by atoms with Crippen molar-refractivity contribution in [2.24, 2.45) is 0 Å². The van der Waals surface area contributed by atoms with Crippen LogP contribution in [0.2, 0.25) is 5.02 Å². The van der Waals surface area contributed by atoms with Gasteiger partial charge in [-0.25, -0.2) is 13.9 Å². The molecule has 6 heterocycles. The number of amides is 2. The fourth-order valence-corrected chi connectivity index (χ4v) is 6.68. The van der Waals surface area contributed by atoms with E-state index in [2.05, 4.69) is 15.4 Å². The minimum Gasteiger partial charge on any atom is -0.484 e. The summed E-state index contributed by atoms with van der Waals surface area (Å²) in [5, 5.41) is 8.13. The molecule has 4 aromatic rings. The highest BCUT2D eigenvalue weighted by Crippen LogP contribution is 2.47. The number of aryl methyl sites for hydroxylation is 1. The smallest absolute Gasteiger partial charge is 0.326 e. The van der Waals surface area contributed by atoms with E-state index in [4.69, 9.17) is 26.1 Å². The Morgan fingerprint density at radius 1 is 1.05 bits per heavy atom. The van der Waals surface area contributed by atoms with Crippen LogP contribution in [0.15, 0.2) is 48.8 Å². The number of halogens is 2. The van der Waals surface area contributed by atoms with Crippen LogP contribution in [-0.2, 0) is 17.7 Å². The van der Waals surface area contributed by atoms with Crippen LogP contribution in [0, 0.1) is 5.82 Å². The van der Waals surface area contributed by atoms with Gasteiger partial charge in [-0.3, -0.25) is 14.9 Å². The molecule has 3 aliphatic heterocycles. The molecule has 3 aromatic heterocycles. The summed E-state index contributed by atoms with van der Waals surface area (Å²) < 4.78 is 28.6. The van der Waals surface area contributed by atoms with Crippen molar-refractivity contribution in [3.63, 3.8) is 0 Å². The van der Waals surface area contributed by atoms with Gasteiger partial charge in [0, 0.05) is 36.5 Å². The minimum atomic E-state index is -0.518. The number of ether oxygens (including phenoxy) is 2. The van der Waals surface area contributed by atoms with Crippen molar-refractivity contribution < 1.29 is 18.7 Å². The molecule has 220 valence electrons. The Bertz CT molecular complexity index is 1730. The summed E-state index contributed by atoms with van der Waals surface area (Å²) in [7, 11) is 0. The van der Waals surface area contributed by atoms with Crippen molar-refractivity contribution in [2.75, 3.05) is 16.8 Å². The second-order valence-corrected chi connectivity index (χ2v) is 12.0. The molecule has 0 radical (unpaired) electrons. The molecule has 2 fully saturated rings. The van der Waals surface area contributed by atoms with Crippen molar-refractivity contribution in [1.29, 1.82) is 0 Å². The summed E-state index contributed by atoms with van der Waals surface area (Å²) in [6.45, 7) is 1.04. The molecule has 0 bridgehead atoms. The average molecular weight is 601 g/mol. The first-order chi connectivity index (χ1) is 21.0. The molecule has 2 unspecified atom stereocenters. The molecular formula is C32H30ClFN6O3. The lowest BCUT2D eigenvalue weighted by molar-refractivity contribution is -0.0384. The van der Waals surface area contributed by atoms with Gasteiger partial charge in [0.05, 0.1) is 40.0 Å². The standard InChI is InChI=1S/C32H30ClFN6O3/c33-21-14-19-8-9-27(31-22(34)4-3-11-35-31)43-28(19)16-26(21)39-17-20-23(38-32(39)41)15-24(37-30(20)18-6-7-18)25-10-12-36-40(25)29-5-1-2-13-42-29/h3-4,10-12,14-16,18,27,29H,1-2,5-9,13,17H2,(H,38,41). The third-order valence-electron chi connectivity index (χ3n) is 8.74. The highest BCUT2D eigenvalue weighted by molar-refractivity contribution is 6.34. The maximum absolute atomic E-state index is 14.5. The number of anilines is 2. The molecule has 2 atom stereocenters. The van der Waals surface area contributed by atoms with Crippen molar-refractivity contribution in [3.8, 4) is 17.1 Å². The fraction of sp³-hybridized carbons (Fsp3) is 0.375. The zero-order valence-electron chi connectivity index (χ0n) is 23.4. The van der Waals surface area contributed by atoms with Crippen molar-refractivity contribution >= 4 is 29.0 Å². The van der Waals surface area contributed by atoms with Gasteiger partial charge in [0.1, 0.15) is 23.4 Å². The molecule has 1 saturated carbocycles.